The van der Waals surface area contributed by atoms with Crippen molar-refractivity contribution < 1.29 is 13.6 Å². The van der Waals surface area contributed by atoms with Crippen molar-refractivity contribution in [1.82, 2.24) is 10.3 Å². The van der Waals surface area contributed by atoms with Crippen LogP contribution < -0.4 is 15.5 Å². The van der Waals surface area contributed by atoms with Gasteiger partial charge in [0, 0.05) is 60.2 Å². The maximum Gasteiger partial charge on any atom is 0.319 e. The van der Waals surface area contributed by atoms with Crippen LogP contribution in [0.25, 0.3) is 10.8 Å². The van der Waals surface area contributed by atoms with Crippen LogP contribution in [0.15, 0.2) is 54.9 Å². The Morgan fingerprint density at radius 1 is 1.11 bits per heavy atom. The number of halogens is 2. The number of rotatable bonds is 3. The van der Waals surface area contributed by atoms with Gasteiger partial charge in [-0.3, -0.25) is 4.98 Å². The Labute approximate surface area is 160 Å². The molecule has 5 rings (SSSR count). The van der Waals surface area contributed by atoms with Crippen molar-refractivity contribution >= 4 is 28.2 Å². The van der Waals surface area contributed by atoms with E-state index in [9.17, 15) is 13.6 Å². The zero-order valence-corrected chi connectivity index (χ0v) is 14.9. The minimum Gasteiger partial charge on any atom is -0.368 e. The Bertz CT molecular complexity index is 1060. The van der Waals surface area contributed by atoms with Gasteiger partial charge < -0.3 is 15.5 Å². The van der Waals surface area contributed by atoms with Gasteiger partial charge in [0.15, 0.2) is 0 Å². The molecule has 3 atom stereocenters. The van der Waals surface area contributed by atoms with E-state index in [1.807, 2.05) is 29.2 Å². The number of amides is 2. The minimum atomic E-state index is -0.578. The first-order valence-corrected chi connectivity index (χ1v) is 9.20. The summed E-state index contributed by atoms with van der Waals surface area (Å²) in [6.07, 6.45) is 3.45. The molecule has 2 heterocycles. The molecule has 2 amide bonds. The van der Waals surface area contributed by atoms with E-state index in [4.69, 9.17) is 0 Å². The van der Waals surface area contributed by atoms with Crippen molar-refractivity contribution in [1.29, 1.82) is 0 Å². The number of pyridine rings is 1. The van der Waals surface area contributed by atoms with Gasteiger partial charge in [-0.25, -0.2) is 13.6 Å². The maximum atomic E-state index is 14.0. The molecule has 28 heavy (non-hydrogen) atoms. The molecule has 1 aromatic heterocycles. The van der Waals surface area contributed by atoms with Crippen LogP contribution in [0, 0.1) is 23.5 Å². The summed E-state index contributed by atoms with van der Waals surface area (Å²) in [6.45, 7) is 1.30. The van der Waals surface area contributed by atoms with Gasteiger partial charge in [0.05, 0.1) is 11.4 Å². The number of fused-ring (bicyclic) bond motifs is 2. The number of benzene rings is 2. The molecule has 0 radical (unpaired) electrons. The van der Waals surface area contributed by atoms with Gasteiger partial charge in [0.1, 0.15) is 11.6 Å². The number of hydrogen-bond acceptors (Lipinski definition) is 3. The van der Waals surface area contributed by atoms with Gasteiger partial charge >= 0.3 is 6.03 Å². The fourth-order valence-electron chi connectivity index (χ4n) is 4.22. The van der Waals surface area contributed by atoms with Crippen LogP contribution >= 0.6 is 0 Å². The highest BCUT2D eigenvalue weighted by Crippen LogP contribution is 2.47. The topological polar surface area (TPSA) is 57.3 Å². The lowest BCUT2D eigenvalue weighted by atomic mass is 10.1. The lowest BCUT2D eigenvalue weighted by Gasteiger charge is -2.23. The first kappa shape index (κ1) is 16.9. The third-order valence-electron chi connectivity index (χ3n) is 5.67. The summed E-state index contributed by atoms with van der Waals surface area (Å²) >= 11 is 0. The van der Waals surface area contributed by atoms with Crippen LogP contribution in [0.3, 0.4) is 0 Å². The molecule has 7 heteroatoms. The Hall–Kier alpha value is -3.22. The van der Waals surface area contributed by atoms with E-state index in [0.717, 1.165) is 22.5 Å². The third kappa shape index (κ3) is 2.93. The summed E-state index contributed by atoms with van der Waals surface area (Å²) in [5.41, 5.74) is 1.15. The van der Waals surface area contributed by atoms with Gasteiger partial charge in [0.25, 0.3) is 0 Å². The molecule has 0 bridgehead atoms. The number of piperidine rings is 1. The molecule has 2 aliphatic rings. The standard InChI is InChI=1S/C21H18F2N4O/c22-13-4-5-19(17(23)8-13)27-10-15-16(11-27)20(15)26-21(28)25-18-3-1-2-12-9-24-7-6-14(12)18/h1-9,15-16,20H,10-11H2,(H2,25,26,28)/t15-,16+,20?. The van der Waals surface area contributed by atoms with Gasteiger partial charge in [-0.1, -0.05) is 12.1 Å². The summed E-state index contributed by atoms with van der Waals surface area (Å²) in [5, 5.41) is 7.82. The summed E-state index contributed by atoms with van der Waals surface area (Å²) in [4.78, 5) is 18.4. The summed E-state index contributed by atoms with van der Waals surface area (Å²) in [6, 6.07) is 11.0. The van der Waals surface area contributed by atoms with Gasteiger partial charge in [-0.15, -0.1) is 0 Å². The first-order chi connectivity index (χ1) is 13.6. The smallest absolute Gasteiger partial charge is 0.319 e. The van der Waals surface area contributed by atoms with E-state index in [1.54, 1.807) is 12.4 Å². The first-order valence-electron chi connectivity index (χ1n) is 9.20. The monoisotopic (exact) mass is 380 g/mol. The zero-order chi connectivity index (χ0) is 19.3. The molecule has 2 aromatic carbocycles. The van der Waals surface area contributed by atoms with Gasteiger partial charge in [0.2, 0.25) is 0 Å². The predicted octanol–water partition coefficient (Wildman–Crippen LogP) is 3.77. The Morgan fingerprint density at radius 2 is 1.93 bits per heavy atom. The fourth-order valence-corrected chi connectivity index (χ4v) is 4.22. The van der Waals surface area contributed by atoms with Crippen LogP contribution in [-0.4, -0.2) is 30.1 Å². The highest BCUT2D eigenvalue weighted by atomic mass is 19.1. The molecular weight excluding hydrogens is 362 g/mol. The molecule has 1 aliphatic heterocycles. The summed E-state index contributed by atoms with van der Waals surface area (Å²) < 4.78 is 27.0. The molecule has 2 N–H and O–H groups in total. The average molecular weight is 380 g/mol. The van der Waals surface area contributed by atoms with Crippen LogP contribution in [0.1, 0.15) is 0 Å². The summed E-state index contributed by atoms with van der Waals surface area (Å²) in [7, 11) is 0. The molecule has 1 unspecified atom stereocenters. The number of anilines is 2. The Morgan fingerprint density at radius 3 is 2.71 bits per heavy atom. The van der Waals surface area contributed by atoms with E-state index in [-0.39, 0.29) is 23.9 Å². The molecule has 1 saturated heterocycles. The molecule has 1 aliphatic carbocycles. The Balaban J connectivity index is 1.21. The number of urea groups is 1. The molecule has 5 nitrogen and oxygen atoms in total. The highest BCUT2D eigenvalue weighted by molar-refractivity contribution is 6.01. The van der Waals surface area contributed by atoms with Crippen molar-refractivity contribution in [3.8, 4) is 0 Å². The minimum absolute atomic E-state index is 0.0800. The Kier molecular flexibility index (Phi) is 3.89. The predicted molar refractivity (Wildman–Crippen MR) is 103 cm³/mol. The van der Waals surface area contributed by atoms with Crippen molar-refractivity contribution in [3.05, 3.63) is 66.5 Å². The van der Waals surface area contributed by atoms with Gasteiger partial charge in [-0.2, -0.15) is 0 Å². The number of nitrogens with one attached hydrogen (secondary N) is 2. The molecule has 2 fully saturated rings. The van der Waals surface area contributed by atoms with E-state index < -0.39 is 11.6 Å². The maximum absolute atomic E-state index is 14.0. The van der Waals surface area contributed by atoms with Crippen LogP contribution in [-0.2, 0) is 0 Å². The molecule has 3 aromatic rings. The summed E-state index contributed by atoms with van der Waals surface area (Å²) in [5.74, 6) is -0.557. The van der Waals surface area contributed by atoms with E-state index in [0.29, 0.717) is 18.8 Å². The van der Waals surface area contributed by atoms with Crippen molar-refractivity contribution in [2.24, 2.45) is 11.8 Å². The number of carbonyl (C=O) groups excluding carboxylic acids is 1. The largest absolute Gasteiger partial charge is 0.368 e. The number of carbonyl (C=O) groups is 1. The lowest BCUT2D eigenvalue weighted by molar-refractivity contribution is 0.250. The zero-order valence-electron chi connectivity index (χ0n) is 14.9. The quantitative estimate of drug-likeness (QED) is 0.727. The van der Waals surface area contributed by atoms with Crippen LogP contribution in [0.5, 0.6) is 0 Å². The van der Waals surface area contributed by atoms with Crippen molar-refractivity contribution in [3.63, 3.8) is 0 Å². The fraction of sp³-hybridized carbons (Fsp3) is 0.238. The van der Waals surface area contributed by atoms with Crippen molar-refractivity contribution in [2.75, 3.05) is 23.3 Å². The van der Waals surface area contributed by atoms with E-state index in [2.05, 4.69) is 15.6 Å². The lowest BCUT2D eigenvalue weighted by Crippen LogP contribution is -2.37. The van der Waals surface area contributed by atoms with E-state index >= 15 is 0 Å². The molecule has 142 valence electrons. The van der Waals surface area contributed by atoms with Crippen LogP contribution in [0.2, 0.25) is 0 Å². The highest BCUT2D eigenvalue weighted by Gasteiger charge is 2.56. The molecule has 0 spiro atoms. The second-order valence-corrected chi connectivity index (χ2v) is 7.36. The second-order valence-electron chi connectivity index (χ2n) is 7.36. The van der Waals surface area contributed by atoms with E-state index in [1.165, 1.54) is 12.1 Å². The van der Waals surface area contributed by atoms with Crippen molar-refractivity contribution in [2.45, 2.75) is 6.04 Å². The average Bonchev–Trinajstić information content (AvgIpc) is 3.11. The molecular formula is C21H18F2N4O. The second kappa shape index (κ2) is 6.44. The number of aromatic nitrogens is 1. The van der Waals surface area contributed by atoms with Gasteiger partial charge in [-0.05, 0) is 24.3 Å². The van der Waals surface area contributed by atoms with Crippen LogP contribution in [0.4, 0.5) is 25.0 Å². The molecule has 1 saturated carbocycles. The SMILES string of the molecule is O=C(Nc1cccc2cnccc12)NC1[C@H]2CN(c3ccc(F)cc3F)C[C@@H]12. The number of hydrogen-bond donors (Lipinski definition) is 2. The number of nitrogens with zero attached hydrogens (tertiary/aromatic N) is 2. The normalized spacial score (nSPS) is 22.8. The third-order valence-corrected chi connectivity index (χ3v) is 5.67.